The SMILES string of the molecule is CC(C)(C)OC(=O)Cc1ccccc1OCc1cc(Cl)cc(C#CSI)c1. The molecular weight excluding hydrogens is 495 g/mol. The second kappa shape index (κ2) is 10.3. The molecule has 2 rings (SSSR count). The van der Waals surface area contributed by atoms with Crippen LogP contribution in [0.3, 0.4) is 0 Å². The summed E-state index contributed by atoms with van der Waals surface area (Å²) in [5, 5.41) is 3.56. The van der Waals surface area contributed by atoms with Crippen molar-refractivity contribution < 1.29 is 14.3 Å². The molecule has 0 unspecified atom stereocenters. The molecule has 2 aromatic rings. The smallest absolute Gasteiger partial charge is 0.310 e. The number of carbonyl (C=O) groups is 1. The molecule has 0 N–H and O–H groups in total. The number of rotatable bonds is 5. The van der Waals surface area contributed by atoms with Crippen molar-refractivity contribution in [1.82, 2.24) is 0 Å². The minimum atomic E-state index is -0.513. The van der Waals surface area contributed by atoms with Gasteiger partial charge in [-0.3, -0.25) is 4.79 Å². The molecule has 0 bridgehead atoms. The molecule has 0 aliphatic rings. The Morgan fingerprint density at radius 1 is 1.22 bits per heavy atom. The van der Waals surface area contributed by atoms with Crippen LogP contribution in [0.15, 0.2) is 42.5 Å². The summed E-state index contributed by atoms with van der Waals surface area (Å²) in [6, 6.07) is 13.1. The Bertz CT molecular complexity index is 866. The maximum atomic E-state index is 12.1. The van der Waals surface area contributed by atoms with Gasteiger partial charge in [-0.1, -0.05) is 35.7 Å². The highest BCUT2D eigenvalue weighted by Gasteiger charge is 2.18. The first-order valence-corrected chi connectivity index (χ1v) is 12.0. The van der Waals surface area contributed by atoms with Crippen molar-refractivity contribution in [2.75, 3.05) is 0 Å². The lowest BCUT2D eigenvalue weighted by Gasteiger charge is -2.20. The van der Waals surface area contributed by atoms with Crippen molar-refractivity contribution in [1.29, 1.82) is 0 Å². The fourth-order valence-corrected chi connectivity index (χ4v) is 3.11. The fourth-order valence-electron chi connectivity index (χ4n) is 2.37. The zero-order valence-corrected chi connectivity index (χ0v) is 19.1. The summed E-state index contributed by atoms with van der Waals surface area (Å²) < 4.78 is 11.3. The van der Waals surface area contributed by atoms with Crippen LogP contribution in [0.25, 0.3) is 0 Å². The Hall–Kier alpha value is -1.36. The highest BCUT2D eigenvalue weighted by Crippen LogP contribution is 2.23. The van der Waals surface area contributed by atoms with Crippen LogP contribution in [0.5, 0.6) is 5.75 Å². The van der Waals surface area contributed by atoms with Gasteiger partial charge in [0.1, 0.15) is 18.0 Å². The fraction of sp³-hybridized carbons (Fsp3) is 0.286. The zero-order chi connectivity index (χ0) is 19.9. The quantitative estimate of drug-likeness (QED) is 0.271. The van der Waals surface area contributed by atoms with Crippen molar-refractivity contribution in [3.8, 4) is 16.9 Å². The van der Waals surface area contributed by atoms with Crippen molar-refractivity contribution in [3.63, 3.8) is 0 Å². The molecular formula is C21H20ClIO3S. The van der Waals surface area contributed by atoms with E-state index >= 15 is 0 Å². The number of ether oxygens (including phenoxy) is 2. The third-order valence-corrected chi connectivity index (χ3v) is 4.37. The van der Waals surface area contributed by atoms with Crippen LogP contribution in [-0.2, 0) is 22.6 Å². The van der Waals surface area contributed by atoms with Gasteiger partial charge in [-0.25, -0.2) is 0 Å². The van der Waals surface area contributed by atoms with E-state index in [2.05, 4.69) is 32.4 Å². The summed E-state index contributed by atoms with van der Waals surface area (Å²) in [4.78, 5) is 12.1. The van der Waals surface area contributed by atoms with Gasteiger partial charge in [0.2, 0.25) is 0 Å². The summed E-state index contributed by atoms with van der Waals surface area (Å²) in [5.41, 5.74) is 2.03. The van der Waals surface area contributed by atoms with E-state index in [1.807, 2.05) is 63.2 Å². The predicted molar refractivity (Wildman–Crippen MR) is 120 cm³/mol. The van der Waals surface area contributed by atoms with E-state index < -0.39 is 5.60 Å². The molecule has 2 aromatic carbocycles. The van der Waals surface area contributed by atoms with Crippen LogP contribution < -0.4 is 4.74 Å². The minimum Gasteiger partial charge on any atom is -0.489 e. The summed E-state index contributed by atoms with van der Waals surface area (Å²) in [6.45, 7) is 5.88. The van der Waals surface area contributed by atoms with Crippen molar-refractivity contribution in [3.05, 3.63) is 64.2 Å². The molecule has 27 heavy (non-hydrogen) atoms. The first-order valence-electron chi connectivity index (χ1n) is 8.27. The maximum absolute atomic E-state index is 12.1. The molecule has 0 saturated carbocycles. The Kier molecular flexibility index (Phi) is 8.33. The van der Waals surface area contributed by atoms with E-state index in [4.69, 9.17) is 21.1 Å². The molecule has 0 spiro atoms. The normalized spacial score (nSPS) is 10.7. The molecule has 0 aliphatic heterocycles. The molecule has 6 heteroatoms. The lowest BCUT2D eigenvalue weighted by atomic mass is 10.1. The zero-order valence-electron chi connectivity index (χ0n) is 15.3. The van der Waals surface area contributed by atoms with Gasteiger partial charge in [-0.15, -0.1) is 0 Å². The van der Waals surface area contributed by atoms with Gasteiger partial charge < -0.3 is 9.47 Å². The Labute approximate surface area is 181 Å². The Balaban J connectivity index is 2.10. The second-order valence-electron chi connectivity index (χ2n) is 6.81. The molecule has 142 valence electrons. The van der Waals surface area contributed by atoms with Gasteiger partial charge in [0.15, 0.2) is 0 Å². The topological polar surface area (TPSA) is 35.5 Å². The Morgan fingerprint density at radius 3 is 2.67 bits per heavy atom. The largest absolute Gasteiger partial charge is 0.489 e. The molecule has 0 aliphatic carbocycles. The van der Waals surface area contributed by atoms with E-state index in [-0.39, 0.29) is 12.4 Å². The van der Waals surface area contributed by atoms with Crippen LogP contribution in [0, 0.1) is 11.2 Å². The summed E-state index contributed by atoms with van der Waals surface area (Å²) in [6.07, 6.45) is 0.159. The predicted octanol–water partition coefficient (Wildman–Crippen LogP) is 6.20. The third kappa shape index (κ3) is 8.04. The lowest BCUT2D eigenvalue weighted by Crippen LogP contribution is -2.25. The van der Waals surface area contributed by atoms with E-state index in [0.717, 1.165) is 16.7 Å². The first-order chi connectivity index (χ1) is 12.8. The number of para-hydroxylation sites is 1. The number of hydrogen-bond acceptors (Lipinski definition) is 4. The first kappa shape index (κ1) is 21.9. The number of carbonyl (C=O) groups excluding carboxylic acids is 1. The second-order valence-corrected chi connectivity index (χ2v) is 8.93. The number of benzene rings is 2. The monoisotopic (exact) mass is 514 g/mol. The van der Waals surface area contributed by atoms with Gasteiger partial charge in [0, 0.05) is 37.4 Å². The van der Waals surface area contributed by atoms with Crippen LogP contribution in [0.4, 0.5) is 0 Å². The maximum Gasteiger partial charge on any atom is 0.310 e. The molecule has 0 atom stereocenters. The number of esters is 1. The van der Waals surface area contributed by atoms with Crippen molar-refractivity contribution in [2.45, 2.75) is 39.4 Å². The van der Waals surface area contributed by atoms with Crippen LogP contribution >= 0.6 is 41.7 Å². The van der Waals surface area contributed by atoms with Gasteiger partial charge in [0.25, 0.3) is 0 Å². The van der Waals surface area contributed by atoms with Gasteiger partial charge in [-0.05, 0) is 64.8 Å². The van der Waals surface area contributed by atoms with E-state index in [0.29, 0.717) is 17.4 Å². The van der Waals surface area contributed by atoms with Crippen LogP contribution in [-0.4, -0.2) is 11.6 Å². The van der Waals surface area contributed by atoms with Gasteiger partial charge in [0.05, 0.1) is 6.42 Å². The molecule has 0 heterocycles. The molecule has 0 fully saturated rings. The molecule has 0 aromatic heterocycles. The average molecular weight is 515 g/mol. The molecule has 3 nitrogen and oxygen atoms in total. The van der Waals surface area contributed by atoms with Crippen molar-refractivity contribution >= 4 is 47.7 Å². The molecule has 0 radical (unpaired) electrons. The Morgan fingerprint density at radius 2 is 1.96 bits per heavy atom. The summed E-state index contributed by atoms with van der Waals surface area (Å²) >= 11 is 8.30. The lowest BCUT2D eigenvalue weighted by molar-refractivity contribution is -0.153. The molecule has 0 saturated heterocycles. The number of hydrogen-bond donors (Lipinski definition) is 0. The van der Waals surface area contributed by atoms with Gasteiger partial charge in [-0.2, -0.15) is 0 Å². The highest BCUT2D eigenvalue weighted by molar-refractivity contribution is 14.2. The van der Waals surface area contributed by atoms with Crippen LogP contribution in [0.2, 0.25) is 5.02 Å². The summed E-state index contributed by atoms with van der Waals surface area (Å²) in [5.74, 6) is 3.41. The third-order valence-electron chi connectivity index (χ3n) is 3.31. The molecule has 0 amide bonds. The standard InChI is InChI=1S/C21H20ClIO3S/c1-21(2,3)26-20(24)13-17-6-4-5-7-19(17)25-14-16-10-15(8-9-27-23)11-18(22)12-16/h4-7,10-12H,13-14H2,1-3H3. The van der Waals surface area contributed by atoms with E-state index in [1.54, 1.807) is 0 Å². The minimum absolute atomic E-state index is 0.159. The summed E-state index contributed by atoms with van der Waals surface area (Å²) in [7, 11) is 1.42. The highest BCUT2D eigenvalue weighted by atomic mass is 127. The van der Waals surface area contributed by atoms with E-state index in [9.17, 15) is 4.79 Å². The van der Waals surface area contributed by atoms with Crippen molar-refractivity contribution in [2.24, 2.45) is 0 Å². The number of halogens is 2. The van der Waals surface area contributed by atoms with Gasteiger partial charge >= 0.3 is 5.97 Å². The van der Waals surface area contributed by atoms with E-state index in [1.165, 1.54) is 8.93 Å². The average Bonchev–Trinajstić information content (AvgIpc) is 2.57. The van der Waals surface area contributed by atoms with Crippen LogP contribution in [0.1, 0.15) is 37.5 Å².